The molecular formula is C19H28N4O. The topological polar surface area (TPSA) is 48.5 Å². The Hall–Kier alpha value is -1.88. The highest BCUT2D eigenvalue weighted by Crippen LogP contribution is 2.19. The van der Waals surface area contributed by atoms with E-state index in [9.17, 15) is 4.79 Å². The number of aromatic nitrogens is 1. The highest BCUT2D eigenvalue weighted by atomic mass is 16.1. The van der Waals surface area contributed by atoms with Gasteiger partial charge in [-0.3, -0.25) is 4.79 Å². The second-order valence-electron chi connectivity index (χ2n) is 6.81. The van der Waals surface area contributed by atoms with Gasteiger partial charge in [0.05, 0.1) is 11.9 Å². The molecule has 0 saturated carbocycles. The summed E-state index contributed by atoms with van der Waals surface area (Å²) in [5.41, 5.74) is 3.09. The Morgan fingerprint density at radius 1 is 1.21 bits per heavy atom. The van der Waals surface area contributed by atoms with Crippen molar-refractivity contribution in [1.82, 2.24) is 15.2 Å². The summed E-state index contributed by atoms with van der Waals surface area (Å²) in [6, 6.07) is 3.85. The number of carbonyl (C=O) groups is 1. The normalized spacial score (nSPS) is 19.0. The number of hydrogen-bond acceptors (Lipinski definition) is 4. The smallest absolute Gasteiger partial charge is 0.269 e. The van der Waals surface area contributed by atoms with Crippen molar-refractivity contribution in [3.63, 3.8) is 0 Å². The largest absolute Gasteiger partial charge is 0.368 e. The fourth-order valence-corrected chi connectivity index (χ4v) is 3.33. The molecule has 2 aliphatic rings. The van der Waals surface area contributed by atoms with E-state index in [4.69, 9.17) is 0 Å². The lowest BCUT2D eigenvalue weighted by molar-refractivity contribution is 0.0949. The van der Waals surface area contributed by atoms with E-state index in [1.807, 2.05) is 18.3 Å². The maximum atomic E-state index is 12.2. The molecule has 1 N–H and O–H groups in total. The van der Waals surface area contributed by atoms with Crippen LogP contribution < -0.4 is 10.2 Å². The van der Waals surface area contributed by atoms with Crippen molar-refractivity contribution in [3.05, 3.63) is 35.7 Å². The van der Waals surface area contributed by atoms with Crippen LogP contribution in [-0.2, 0) is 0 Å². The van der Waals surface area contributed by atoms with Gasteiger partial charge in [0.1, 0.15) is 5.69 Å². The molecule has 0 atom stereocenters. The third-order valence-electron chi connectivity index (χ3n) is 4.97. The Balaban J connectivity index is 1.47. The van der Waals surface area contributed by atoms with Crippen molar-refractivity contribution in [2.24, 2.45) is 0 Å². The van der Waals surface area contributed by atoms with E-state index in [-0.39, 0.29) is 5.91 Å². The maximum Gasteiger partial charge on any atom is 0.269 e. The monoisotopic (exact) mass is 328 g/mol. The van der Waals surface area contributed by atoms with Crippen LogP contribution in [0.3, 0.4) is 0 Å². The molecule has 1 aliphatic carbocycles. The number of nitrogens with zero attached hydrogens (tertiary/aromatic N) is 3. The summed E-state index contributed by atoms with van der Waals surface area (Å²) in [5.74, 6) is -0.0728. The van der Waals surface area contributed by atoms with Crippen LogP contribution >= 0.6 is 0 Å². The number of rotatable bonds is 5. The van der Waals surface area contributed by atoms with Gasteiger partial charge in [0.15, 0.2) is 0 Å². The minimum atomic E-state index is -0.0728. The van der Waals surface area contributed by atoms with Gasteiger partial charge in [-0.05, 0) is 51.3 Å². The molecule has 3 rings (SSSR count). The highest BCUT2D eigenvalue weighted by Gasteiger charge is 2.15. The third-order valence-corrected chi connectivity index (χ3v) is 4.97. The molecule has 2 heterocycles. The minimum Gasteiger partial charge on any atom is -0.368 e. The van der Waals surface area contributed by atoms with Crippen LogP contribution in [0.2, 0.25) is 0 Å². The maximum absolute atomic E-state index is 12.2. The van der Waals surface area contributed by atoms with Crippen LogP contribution in [0.4, 0.5) is 5.69 Å². The summed E-state index contributed by atoms with van der Waals surface area (Å²) in [6.07, 6.45) is 10.1. The molecule has 1 aliphatic heterocycles. The molecule has 5 nitrogen and oxygen atoms in total. The molecule has 0 aromatic carbocycles. The van der Waals surface area contributed by atoms with E-state index in [1.54, 1.807) is 0 Å². The van der Waals surface area contributed by atoms with E-state index in [2.05, 4.69) is 33.2 Å². The number of amides is 1. The summed E-state index contributed by atoms with van der Waals surface area (Å²) in [5, 5.41) is 2.99. The number of likely N-dealkylation sites (N-methyl/N-ethyl adjacent to an activating group) is 1. The zero-order chi connectivity index (χ0) is 16.8. The summed E-state index contributed by atoms with van der Waals surface area (Å²) in [7, 11) is 2.15. The molecule has 130 valence electrons. The number of anilines is 1. The number of piperazine rings is 1. The Morgan fingerprint density at radius 3 is 2.71 bits per heavy atom. The van der Waals surface area contributed by atoms with Crippen molar-refractivity contribution >= 4 is 11.6 Å². The van der Waals surface area contributed by atoms with Gasteiger partial charge < -0.3 is 15.1 Å². The summed E-state index contributed by atoms with van der Waals surface area (Å²) in [6.45, 7) is 4.86. The van der Waals surface area contributed by atoms with Crippen molar-refractivity contribution in [1.29, 1.82) is 0 Å². The first-order valence-corrected chi connectivity index (χ1v) is 9.08. The SMILES string of the molecule is CN1CCN(c2ccc(C(=O)NCCC3=CCCCC3)nc2)CC1. The first-order valence-electron chi connectivity index (χ1n) is 9.08. The minimum absolute atomic E-state index is 0.0728. The van der Waals surface area contributed by atoms with Crippen molar-refractivity contribution in [2.45, 2.75) is 32.1 Å². The van der Waals surface area contributed by atoms with Gasteiger partial charge in [-0.1, -0.05) is 11.6 Å². The average Bonchev–Trinajstić information content (AvgIpc) is 2.63. The predicted molar refractivity (Wildman–Crippen MR) is 97.4 cm³/mol. The molecule has 0 spiro atoms. The molecule has 0 radical (unpaired) electrons. The number of allylic oxidation sites excluding steroid dienone is 1. The fraction of sp³-hybridized carbons (Fsp3) is 0.579. The van der Waals surface area contributed by atoms with Crippen molar-refractivity contribution in [3.8, 4) is 0 Å². The Kier molecular flexibility index (Phi) is 5.86. The fourth-order valence-electron chi connectivity index (χ4n) is 3.33. The number of hydrogen-bond donors (Lipinski definition) is 1. The van der Waals surface area contributed by atoms with E-state index in [1.165, 1.54) is 31.3 Å². The predicted octanol–water partition coefficient (Wildman–Crippen LogP) is 2.45. The average molecular weight is 328 g/mol. The quantitative estimate of drug-likeness (QED) is 0.844. The zero-order valence-electron chi connectivity index (χ0n) is 14.6. The van der Waals surface area contributed by atoms with Gasteiger partial charge in [-0.2, -0.15) is 0 Å². The Labute approximate surface area is 144 Å². The standard InChI is InChI=1S/C19H28N4O/c1-22-11-13-23(14-12-22)17-7-8-18(21-15-17)19(24)20-10-9-16-5-3-2-4-6-16/h5,7-8,15H,2-4,6,9-14H2,1H3,(H,20,24). The van der Waals surface area contributed by atoms with Gasteiger partial charge in [0.2, 0.25) is 0 Å². The van der Waals surface area contributed by atoms with Crippen LogP contribution in [0.15, 0.2) is 30.0 Å². The van der Waals surface area contributed by atoms with E-state index in [0.717, 1.165) is 38.3 Å². The molecular weight excluding hydrogens is 300 g/mol. The molecule has 1 fully saturated rings. The summed E-state index contributed by atoms with van der Waals surface area (Å²) < 4.78 is 0. The van der Waals surface area contributed by atoms with Gasteiger partial charge in [0, 0.05) is 32.7 Å². The molecule has 0 unspecified atom stereocenters. The van der Waals surface area contributed by atoms with Crippen LogP contribution in [-0.4, -0.2) is 55.6 Å². The first kappa shape index (κ1) is 17.0. The summed E-state index contributed by atoms with van der Waals surface area (Å²) in [4.78, 5) is 21.2. The lowest BCUT2D eigenvalue weighted by Gasteiger charge is -2.33. The lowest BCUT2D eigenvalue weighted by atomic mass is 9.97. The van der Waals surface area contributed by atoms with Crippen LogP contribution in [0.25, 0.3) is 0 Å². The third kappa shape index (κ3) is 4.57. The molecule has 1 aromatic heterocycles. The second-order valence-corrected chi connectivity index (χ2v) is 6.81. The molecule has 0 bridgehead atoms. The van der Waals surface area contributed by atoms with Gasteiger partial charge in [0.25, 0.3) is 5.91 Å². The van der Waals surface area contributed by atoms with Gasteiger partial charge in [-0.25, -0.2) is 4.98 Å². The van der Waals surface area contributed by atoms with Crippen LogP contribution in [0, 0.1) is 0 Å². The zero-order valence-corrected chi connectivity index (χ0v) is 14.6. The number of nitrogens with one attached hydrogen (secondary N) is 1. The van der Waals surface area contributed by atoms with Crippen LogP contribution in [0.5, 0.6) is 0 Å². The van der Waals surface area contributed by atoms with Gasteiger partial charge >= 0.3 is 0 Å². The van der Waals surface area contributed by atoms with E-state index >= 15 is 0 Å². The van der Waals surface area contributed by atoms with Crippen molar-refractivity contribution in [2.75, 3.05) is 44.7 Å². The second kappa shape index (κ2) is 8.29. The van der Waals surface area contributed by atoms with Crippen LogP contribution in [0.1, 0.15) is 42.6 Å². The summed E-state index contributed by atoms with van der Waals surface area (Å²) >= 11 is 0. The van der Waals surface area contributed by atoms with E-state index < -0.39 is 0 Å². The molecule has 5 heteroatoms. The Morgan fingerprint density at radius 2 is 2.04 bits per heavy atom. The molecule has 1 saturated heterocycles. The Bertz CT molecular complexity index is 574. The lowest BCUT2D eigenvalue weighted by Crippen LogP contribution is -2.44. The molecule has 1 aromatic rings. The highest BCUT2D eigenvalue weighted by molar-refractivity contribution is 5.92. The van der Waals surface area contributed by atoms with Gasteiger partial charge in [-0.15, -0.1) is 0 Å². The van der Waals surface area contributed by atoms with E-state index in [0.29, 0.717) is 12.2 Å². The van der Waals surface area contributed by atoms with Crippen molar-refractivity contribution < 1.29 is 4.79 Å². The first-order chi connectivity index (χ1) is 11.7. The number of pyridine rings is 1. The number of carbonyl (C=O) groups excluding carboxylic acids is 1. The molecule has 24 heavy (non-hydrogen) atoms. The molecule has 1 amide bonds.